The van der Waals surface area contributed by atoms with Crippen LogP contribution in [0.2, 0.25) is 0 Å². The number of methoxy groups -OCH3 is 1. The van der Waals surface area contributed by atoms with Gasteiger partial charge in [-0.05, 0) is 31.2 Å². The maximum atomic E-state index is 14.0. The van der Waals surface area contributed by atoms with E-state index in [0.29, 0.717) is 0 Å². The Bertz CT molecular complexity index is 858. The number of hydrogen-bond acceptors (Lipinski definition) is 3. The van der Waals surface area contributed by atoms with Crippen LogP contribution in [0.15, 0.2) is 42.5 Å². The van der Waals surface area contributed by atoms with E-state index in [1.54, 1.807) is 6.07 Å². The predicted molar refractivity (Wildman–Crippen MR) is 87.7 cm³/mol. The van der Waals surface area contributed by atoms with Crippen molar-refractivity contribution in [3.63, 3.8) is 0 Å². The zero-order chi connectivity index (χ0) is 18.7. The summed E-state index contributed by atoms with van der Waals surface area (Å²) < 4.78 is 72.7. The minimum absolute atomic E-state index is 0.178. The van der Waals surface area contributed by atoms with E-state index in [1.165, 1.54) is 32.2 Å². The van der Waals surface area contributed by atoms with Gasteiger partial charge in [0.15, 0.2) is 0 Å². The number of sulfonamides is 1. The highest BCUT2D eigenvalue weighted by atomic mass is 32.2. The van der Waals surface area contributed by atoms with Gasteiger partial charge in [0.25, 0.3) is 0 Å². The van der Waals surface area contributed by atoms with Crippen LogP contribution in [0.25, 0.3) is 0 Å². The fourth-order valence-electron chi connectivity index (χ4n) is 2.32. The van der Waals surface area contributed by atoms with Gasteiger partial charge in [0, 0.05) is 24.8 Å². The van der Waals surface area contributed by atoms with E-state index < -0.39 is 38.8 Å². The highest BCUT2D eigenvalue weighted by molar-refractivity contribution is 7.88. The first-order chi connectivity index (χ1) is 11.7. The first-order valence-electron chi connectivity index (χ1n) is 7.38. The van der Waals surface area contributed by atoms with Crippen molar-refractivity contribution in [2.75, 3.05) is 13.7 Å². The third-order valence-corrected chi connectivity index (χ3v) is 5.15. The van der Waals surface area contributed by atoms with Crippen molar-refractivity contribution in [1.82, 2.24) is 4.72 Å². The lowest BCUT2D eigenvalue weighted by Crippen LogP contribution is -2.41. The Labute approximate surface area is 144 Å². The second-order valence-corrected chi connectivity index (χ2v) is 7.54. The number of rotatable bonds is 7. The van der Waals surface area contributed by atoms with Gasteiger partial charge in [-0.25, -0.2) is 26.3 Å². The molecule has 0 saturated heterocycles. The Morgan fingerprint density at radius 2 is 1.76 bits per heavy atom. The molecule has 4 nitrogen and oxygen atoms in total. The first-order valence-corrected chi connectivity index (χ1v) is 9.03. The monoisotopic (exact) mass is 373 g/mol. The summed E-state index contributed by atoms with van der Waals surface area (Å²) in [6.45, 7) is 1.25. The van der Waals surface area contributed by atoms with Crippen LogP contribution < -0.4 is 4.72 Å². The third-order valence-electron chi connectivity index (χ3n) is 3.88. The van der Waals surface area contributed by atoms with Crippen LogP contribution in [0.3, 0.4) is 0 Å². The van der Waals surface area contributed by atoms with Gasteiger partial charge in [-0.2, -0.15) is 0 Å². The standard InChI is InChI=1S/C17H18F3NO3S/c1-17(24-2,14-5-3-4-6-16(14)20)11-21-25(22,23)10-12-9-13(18)7-8-15(12)19/h3-9,21H,10-11H2,1-2H3. The smallest absolute Gasteiger partial charge is 0.215 e. The lowest BCUT2D eigenvalue weighted by atomic mass is 9.95. The molecule has 1 N–H and O–H groups in total. The molecule has 0 amide bonds. The molecule has 2 rings (SSSR count). The van der Waals surface area contributed by atoms with Gasteiger partial charge in [0.1, 0.15) is 23.1 Å². The molecule has 2 aromatic rings. The van der Waals surface area contributed by atoms with Crippen molar-refractivity contribution < 1.29 is 26.3 Å². The quantitative estimate of drug-likeness (QED) is 0.812. The summed E-state index contributed by atoms with van der Waals surface area (Å²) in [4.78, 5) is 0. The van der Waals surface area contributed by atoms with Crippen LogP contribution in [-0.2, 0) is 26.1 Å². The Kier molecular flexibility index (Phi) is 5.87. The van der Waals surface area contributed by atoms with E-state index in [9.17, 15) is 21.6 Å². The molecule has 0 saturated carbocycles. The van der Waals surface area contributed by atoms with Crippen LogP contribution in [0.1, 0.15) is 18.1 Å². The summed E-state index contributed by atoms with van der Waals surface area (Å²) in [5, 5.41) is 0. The topological polar surface area (TPSA) is 55.4 Å². The molecule has 136 valence electrons. The summed E-state index contributed by atoms with van der Waals surface area (Å²) in [5.74, 6) is -2.84. The van der Waals surface area contributed by atoms with E-state index in [-0.39, 0.29) is 17.7 Å². The molecule has 1 unspecified atom stereocenters. The highest BCUT2D eigenvalue weighted by Crippen LogP contribution is 2.26. The summed E-state index contributed by atoms with van der Waals surface area (Å²) >= 11 is 0. The molecular weight excluding hydrogens is 355 g/mol. The van der Waals surface area contributed by atoms with E-state index in [1.807, 2.05) is 0 Å². The molecule has 1 atom stereocenters. The Hall–Kier alpha value is -1.90. The molecule has 0 fully saturated rings. The summed E-state index contributed by atoms with van der Waals surface area (Å²) in [6, 6.07) is 8.42. The van der Waals surface area contributed by atoms with E-state index >= 15 is 0 Å². The van der Waals surface area contributed by atoms with Gasteiger partial charge >= 0.3 is 0 Å². The average Bonchev–Trinajstić information content (AvgIpc) is 2.56. The van der Waals surface area contributed by atoms with Crippen LogP contribution in [-0.4, -0.2) is 22.1 Å². The number of halogens is 3. The lowest BCUT2D eigenvalue weighted by molar-refractivity contribution is 0.00409. The van der Waals surface area contributed by atoms with Crippen molar-refractivity contribution in [3.8, 4) is 0 Å². The van der Waals surface area contributed by atoms with E-state index in [0.717, 1.165) is 18.2 Å². The second kappa shape index (κ2) is 7.55. The Balaban J connectivity index is 2.17. The Morgan fingerprint density at radius 1 is 1.08 bits per heavy atom. The van der Waals surface area contributed by atoms with Gasteiger partial charge in [0.2, 0.25) is 10.0 Å². The molecule has 0 bridgehead atoms. The number of benzene rings is 2. The van der Waals surface area contributed by atoms with Gasteiger partial charge in [-0.1, -0.05) is 18.2 Å². The molecule has 2 aromatic carbocycles. The van der Waals surface area contributed by atoms with Crippen LogP contribution >= 0.6 is 0 Å². The van der Waals surface area contributed by atoms with Gasteiger partial charge in [-0.15, -0.1) is 0 Å². The maximum absolute atomic E-state index is 14.0. The van der Waals surface area contributed by atoms with Crippen LogP contribution in [0.5, 0.6) is 0 Å². The average molecular weight is 373 g/mol. The lowest BCUT2D eigenvalue weighted by Gasteiger charge is -2.29. The number of ether oxygens (including phenoxy) is 1. The largest absolute Gasteiger partial charge is 0.372 e. The van der Waals surface area contributed by atoms with Gasteiger partial charge < -0.3 is 4.74 Å². The van der Waals surface area contributed by atoms with Gasteiger partial charge in [-0.3, -0.25) is 0 Å². The van der Waals surface area contributed by atoms with Crippen molar-refractivity contribution in [2.24, 2.45) is 0 Å². The molecule has 0 aliphatic heterocycles. The fourth-order valence-corrected chi connectivity index (χ4v) is 3.55. The van der Waals surface area contributed by atoms with Crippen molar-refractivity contribution in [1.29, 1.82) is 0 Å². The maximum Gasteiger partial charge on any atom is 0.215 e. The Morgan fingerprint density at radius 3 is 2.40 bits per heavy atom. The molecule has 0 aliphatic rings. The zero-order valence-electron chi connectivity index (χ0n) is 13.7. The molecule has 0 heterocycles. The summed E-state index contributed by atoms with van der Waals surface area (Å²) in [5.41, 5.74) is -1.38. The van der Waals surface area contributed by atoms with E-state index in [4.69, 9.17) is 4.74 Å². The van der Waals surface area contributed by atoms with E-state index in [2.05, 4.69) is 4.72 Å². The highest BCUT2D eigenvalue weighted by Gasteiger charge is 2.31. The SMILES string of the molecule is COC(C)(CNS(=O)(=O)Cc1cc(F)ccc1F)c1ccccc1F. The fraction of sp³-hybridized carbons (Fsp3) is 0.294. The van der Waals surface area contributed by atoms with Crippen molar-refractivity contribution in [3.05, 3.63) is 71.0 Å². The van der Waals surface area contributed by atoms with Crippen molar-refractivity contribution in [2.45, 2.75) is 18.3 Å². The molecular formula is C17H18F3NO3S. The molecule has 8 heteroatoms. The third kappa shape index (κ3) is 4.81. The number of nitrogens with one attached hydrogen (secondary N) is 1. The normalized spacial score (nSPS) is 14.3. The minimum Gasteiger partial charge on any atom is -0.372 e. The minimum atomic E-state index is -4.00. The predicted octanol–water partition coefficient (Wildman–Crippen LogP) is 3.09. The zero-order valence-corrected chi connectivity index (χ0v) is 14.5. The van der Waals surface area contributed by atoms with Crippen molar-refractivity contribution >= 4 is 10.0 Å². The summed E-state index contributed by atoms with van der Waals surface area (Å²) in [6.07, 6.45) is 0. The molecule has 0 aromatic heterocycles. The molecule has 0 aliphatic carbocycles. The summed E-state index contributed by atoms with van der Waals surface area (Å²) in [7, 11) is -2.67. The number of hydrogen-bond donors (Lipinski definition) is 1. The first kappa shape index (κ1) is 19.4. The van der Waals surface area contributed by atoms with Crippen LogP contribution in [0, 0.1) is 17.5 Å². The molecule has 0 radical (unpaired) electrons. The van der Waals surface area contributed by atoms with Crippen LogP contribution in [0.4, 0.5) is 13.2 Å². The molecule has 25 heavy (non-hydrogen) atoms. The second-order valence-electron chi connectivity index (χ2n) is 5.73. The molecule has 0 spiro atoms. The van der Waals surface area contributed by atoms with Gasteiger partial charge in [0.05, 0.1) is 5.75 Å².